The fraction of sp³-hybridized carbons (Fsp3) is 0.375. The normalized spacial score (nSPS) is 16.1. The summed E-state index contributed by atoms with van der Waals surface area (Å²) in [7, 11) is 3.00. The summed E-state index contributed by atoms with van der Waals surface area (Å²) >= 11 is 6.24. The molecule has 32 heavy (non-hydrogen) atoms. The second-order valence-electron chi connectivity index (χ2n) is 8.70. The van der Waals surface area contributed by atoms with Crippen molar-refractivity contribution in [1.82, 2.24) is 19.1 Å². The number of fused-ring (bicyclic) bond motifs is 2. The van der Waals surface area contributed by atoms with Crippen LogP contribution >= 0.6 is 11.6 Å². The number of benzene rings is 1. The van der Waals surface area contributed by atoms with Gasteiger partial charge in [-0.2, -0.15) is 0 Å². The van der Waals surface area contributed by atoms with Gasteiger partial charge in [-0.25, -0.2) is 14.8 Å². The lowest BCUT2D eigenvalue weighted by molar-refractivity contribution is 0.0600. The van der Waals surface area contributed by atoms with E-state index in [1.165, 1.54) is 20.0 Å². The van der Waals surface area contributed by atoms with E-state index in [4.69, 9.17) is 26.1 Å². The summed E-state index contributed by atoms with van der Waals surface area (Å²) in [5, 5.41) is 1.53. The van der Waals surface area contributed by atoms with Crippen molar-refractivity contribution in [2.45, 2.75) is 38.3 Å². The number of hydrogen-bond donors (Lipinski definition) is 0. The maximum Gasteiger partial charge on any atom is 0.338 e. The molecule has 2 aliphatic carbocycles. The third-order valence-corrected chi connectivity index (χ3v) is 6.59. The third kappa shape index (κ3) is 3.14. The Morgan fingerprint density at radius 3 is 2.62 bits per heavy atom. The van der Waals surface area contributed by atoms with Gasteiger partial charge in [0.1, 0.15) is 22.1 Å². The van der Waals surface area contributed by atoms with Crippen LogP contribution < -0.4 is 4.74 Å². The summed E-state index contributed by atoms with van der Waals surface area (Å²) in [6.07, 6.45) is 4.65. The molecule has 2 fully saturated rings. The van der Waals surface area contributed by atoms with Gasteiger partial charge in [0.15, 0.2) is 5.82 Å². The van der Waals surface area contributed by atoms with Crippen LogP contribution in [0.4, 0.5) is 0 Å². The van der Waals surface area contributed by atoms with Crippen molar-refractivity contribution in [3.8, 4) is 17.3 Å². The van der Waals surface area contributed by atoms with E-state index in [2.05, 4.69) is 20.2 Å². The van der Waals surface area contributed by atoms with E-state index in [0.29, 0.717) is 28.4 Å². The molecule has 0 saturated heterocycles. The van der Waals surface area contributed by atoms with Gasteiger partial charge in [-0.3, -0.25) is 0 Å². The number of rotatable bonds is 6. The number of carbonyl (C=O) groups is 1. The molecule has 3 heterocycles. The van der Waals surface area contributed by atoms with E-state index in [9.17, 15) is 4.79 Å². The summed E-state index contributed by atoms with van der Waals surface area (Å²) in [6, 6.07) is 9.90. The zero-order valence-electron chi connectivity index (χ0n) is 18.0. The van der Waals surface area contributed by atoms with Crippen molar-refractivity contribution in [3.63, 3.8) is 0 Å². The van der Waals surface area contributed by atoms with Crippen LogP contribution in [0.2, 0.25) is 5.15 Å². The third-order valence-electron chi connectivity index (χ3n) is 6.38. The fourth-order valence-corrected chi connectivity index (χ4v) is 4.64. The van der Waals surface area contributed by atoms with Crippen LogP contribution in [-0.4, -0.2) is 39.3 Å². The SMILES string of the molecule is COC(=O)c1cc(OC)c2c(c1)nc(-c1cc3ccc(Cl)nc3n1C1CC1)n2CC1CC1. The van der Waals surface area contributed by atoms with Gasteiger partial charge in [-0.1, -0.05) is 11.6 Å². The number of halogens is 1. The van der Waals surface area contributed by atoms with Gasteiger partial charge < -0.3 is 18.6 Å². The van der Waals surface area contributed by atoms with E-state index in [-0.39, 0.29) is 0 Å². The Labute approximate surface area is 189 Å². The molecule has 0 spiro atoms. The number of esters is 1. The number of carbonyl (C=O) groups excluding carboxylic acids is 1. The molecule has 164 valence electrons. The maximum atomic E-state index is 12.2. The van der Waals surface area contributed by atoms with Crippen molar-refractivity contribution in [2.75, 3.05) is 14.2 Å². The van der Waals surface area contributed by atoms with Gasteiger partial charge in [0.2, 0.25) is 0 Å². The second-order valence-corrected chi connectivity index (χ2v) is 9.09. The zero-order valence-corrected chi connectivity index (χ0v) is 18.7. The van der Waals surface area contributed by atoms with E-state index in [1.807, 2.05) is 12.1 Å². The van der Waals surface area contributed by atoms with Crippen molar-refractivity contribution in [3.05, 3.63) is 41.0 Å². The Morgan fingerprint density at radius 2 is 1.94 bits per heavy atom. The number of imidazole rings is 1. The van der Waals surface area contributed by atoms with Gasteiger partial charge in [0.25, 0.3) is 0 Å². The standard InChI is InChI=1S/C24H23ClN4O3/c1-31-19-11-15(24(30)32-2)9-17-21(19)28(12-13-3-4-13)23(26-17)18-10-14-5-8-20(25)27-22(14)29(18)16-6-7-16/h5,8-11,13,16H,3-4,6-7,12H2,1-2H3. The van der Waals surface area contributed by atoms with Gasteiger partial charge >= 0.3 is 5.97 Å². The van der Waals surface area contributed by atoms with Crippen molar-refractivity contribution in [1.29, 1.82) is 0 Å². The molecule has 0 atom stereocenters. The molecular formula is C24H23ClN4O3. The highest BCUT2D eigenvalue weighted by molar-refractivity contribution is 6.29. The maximum absolute atomic E-state index is 12.2. The zero-order chi connectivity index (χ0) is 22.0. The lowest BCUT2D eigenvalue weighted by Crippen LogP contribution is -2.07. The highest BCUT2D eigenvalue weighted by atomic mass is 35.5. The van der Waals surface area contributed by atoms with Crippen LogP contribution in [-0.2, 0) is 11.3 Å². The Bertz CT molecular complexity index is 1380. The van der Waals surface area contributed by atoms with Crippen LogP contribution in [0.15, 0.2) is 30.3 Å². The fourth-order valence-electron chi connectivity index (χ4n) is 4.50. The van der Waals surface area contributed by atoms with Crippen LogP contribution in [0, 0.1) is 5.92 Å². The number of methoxy groups -OCH3 is 2. The Hall–Kier alpha value is -3.06. The van der Waals surface area contributed by atoms with Crippen LogP contribution in [0.25, 0.3) is 33.6 Å². The number of pyridine rings is 1. The first-order valence-corrected chi connectivity index (χ1v) is 11.3. The first-order chi connectivity index (χ1) is 15.6. The minimum absolute atomic E-state index is 0.398. The molecule has 0 N–H and O–H groups in total. The molecule has 0 bridgehead atoms. The molecule has 0 unspecified atom stereocenters. The molecule has 6 rings (SSSR count). The van der Waals surface area contributed by atoms with Gasteiger partial charge in [0, 0.05) is 18.0 Å². The Balaban J connectivity index is 1.64. The van der Waals surface area contributed by atoms with Crippen molar-refractivity contribution in [2.24, 2.45) is 5.92 Å². The average molecular weight is 451 g/mol. The summed E-state index contributed by atoms with van der Waals surface area (Å²) in [5.41, 5.74) is 3.97. The number of aromatic nitrogens is 4. The molecular weight excluding hydrogens is 428 g/mol. The topological polar surface area (TPSA) is 71.2 Å². The van der Waals surface area contributed by atoms with E-state index >= 15 is 0 Å². The molecule has 0 amide bonds. The van der Waals surface area contributed by atoms with Gasteiger partial charge in [-0.05, 0) is 61.9 Å². The quantitative estimate of drug-likeness (QED) is 0.296. The molecule has 8 heteroatoms. The van der Waals surface area contributed by atoms with E-state index in [0.717, 1.165) is 53.0 Å². The molecule has 0 aliphatic heterocycles. The summed E-state index contributed by atoms with van der Waals surface area (Å²) in [4.78, 5) is 21.9. The van der Waals surface area contributed by atoms with Crippen molar-refractivity contribution >= 4 is 39.6 Å². The largest absolute Gasteiger partial charge is 0.494 e. The smallest absolute Gasteiger partial charge is 0.338 e. The molecule has 4 aromatic rings. The van der Waals surface area contributed by atoms with E-state index < -0.39 is 5.97 Å². The number of nitrogens with zero attached hydrogens (tertiary/aromatic N) is 4. The molecule has 3 aromatic heterocycles. The molecule has 2 saturated carbocycles. The Kier molecular flexibility index (Phi) is 4.43. The average Bonchev–Trinajstić information content (AvgIpc) is 3.73. The minimum Gasteiger partial charge on any atom is -0.494 e. The second kappa shape index (κ2) is 7.24. The monoisotopic (exact) mass is 450 g/mol. The molecule has 1 aromatic carbocycles. The number of hydrogen-bond acceptors (Lipinski definition) is 5. The predicted octanol–water partition coefficient (Wildman–Crippen LogP) is 5.25. The molecule has 7 nitrogen and oxygen atoms in total. The van der Waals surface area contributed by atoms with Crippen LogP contribution in [0.3, 0.4) is 0 Å². The Morgan fingerprint density at radius 1 is 1.12 bits per heavy atom. The van der Waals surface area contributed by atoms with E-state index in [1.54, 1.807) is 19.2 Å². The lowest BCUT2D eigenvalue weighted by Gasteiger charge is -2.13. The number of ether oxygens (including phenoxy) is 2. The lowest BCUT2D eigenvalue weighted by atomic mass is 10.2. The first kappa shape index (κ1) is 19.6. The summed E-state index contributed by atoms with van der Waals surface area (Å²) in [5.74, 6) is 1.71. The molecule has 0 radical (unpaired) electrons. The van der Waals surface area contributed by atoms with Crippen molar-refractivity contribution < 1.29 is 14.3 Å². The minimum atomic E-state index is -0.408. The molecule has 2 aliphatic rings. The van der Waals surface area contributed by atoms with Crippen LogP contribution in [0.1, 0.15) is 42.1 Å². The first-order valence-electron chi connectivity index (χ1n) is 10.9. The van der Waals surface area contributed by atoms with Crippen LogP contribution in [0.5, 0.6) is 5.75 Å². The highest BCUT2D eigenvalue weighted by Crippen LogP contribution is 2.44. The highest BCUT2D eigenvalue weighted by Gasteiger charge is 2.32. The predicted molar refractivity (Wildman–Crippen MR) is 122 cm³/mol. The van der Waals surface area contributed by atoms with Gasteiger partial charge in [0.05, 0.1) is 31.0 Å². The summed E-state index contributed by atoms with van der Waals surface area (Å²) < 4.78 is 15.2. The van der Waals surface area contributed by atoms with Gasteiger partial charge in [-0.15, -0.1) is 0 Å². The summed E-state index contributed by atoms with van der Waals surface area (Å²) in [6.45, 7) is 0.861.